The van der Waals surface area contributed by atoms with Crippen LogP contribution in [-0.2, 0) is 10.0 Å². The van der Waals surface area contributed by atoms with Crippen molar-refractivity contribution in [3.63, 3.8) is 0 Å². The van der Waals surface area contributed by atoms with Crippen LogP contribution >= 0.6 is 0 Å². The first-order valence-corrected chi connectivity index (χ1v) is 13.0. The minimum absolute atomic E-state index is 0.0181. The van der Waals surface area contributed by atoms with E-state index in [1.807, 2.05) is 0 Å². The summed E-state index contributed by atoms with van der Waals surface area (Å²) in [6.45, 7) is 6.36. The largest absolute Gasteiger partial charge is 0.492 e. The van der Waals surface area contributed by atoms with Crippen LogP contribution in [-0.4, -0.2) is 57.2 Å². The maximum atomic E-state index is 13.3. The molecule has 2 heterocycles. The van der Waals surface area contributed by atoms with Crippen molar-refractivity contribution in [2.24, 2.45) is 11.8 Å². The van der Waals surface area contributed by atoms with Crippen LogP contribution in [0.2, 0.25) is 0 Å². The zero-order chi connectivity index (χ0) is 23.2. The molecule has 0 unspecified atom stereocenters. The van der Waals surface area contributed by atoms with Gasteiger partial charge in [0.2, 0.25) is 0 Å². The molecular formula is C24H29N3O5S. The molecule has 9 heteroatoms. The number of carboxylic acids is 1. The maximum absolute atomic E-state index is 13.3. The Morgan fingerprint density at radius 2 is 2.03 bits per heavy atom. The monoisotopic (exact) mass is 471 g/mol. The molecule has 2 aromatic carbocycles. The third kappa shape index (κ3) is 4.27. The lowest BCUT2D eigenvalue weighted by molar-refractivity contribution is 0.0692. The Hall–Kier alpha value is -2.78. The third-order valence-corrected chi connectivity index (χ3v) is 8.41. The Bertz CT molecular complexity index is 1180. The van der Waals surface area contributed by atoms with E-state index in [1.165, 1.54) is 12.1 Å². The van der Waals surface area contributed by atoms with Crippen LogP contribution in [0, 0.1) is 11.8 Å². The number of anilines is 2. The maximum Gasteiger partial charge on any atom is 0.341 e. The Labute approximate surface area is 194 Å². The normalized spacial score (nSPS) is 23.8. The van der Waals surface area contributed by atoms with Gasteiger partial charge in [-0.25, -0.2) is 13.2 Å². The van der Waals surface area contributed by atoms with Gasteiger partial charge < -0.3 is 20.1 Å². The molecule has 3 aliphatic rings. The van der Waals surface area contributed by atoms with Gasteiger partial charge in [0.25, 0.3) is 10.0 Å². The number of rotatable bonds is 8. The number of hydrogen-bond donors (Lipinski definition) is 3. The highest BCUT2D eigenvalue weighted by atomic mass is 32.2. The van der Waals surface area contributed by atoms with Crippen molar-refractivity contribution in [1.82, 2.24) is 4.90 Å². The van der Waals surface area contributed by atoms with Gasteiger partial charge in [0.1, 0.15) is 16.2 Å². The summed E-state index contributed by atoms with van der Waals surface area (Å²) in [5, 5.41) is 13.2. The fourth-order valence-corrected chi connectivity index (χ4v) is 6.27. The van der Waals surface area contributed by atoms with Gasteiger partial charge in [-0.05, 0) is 61.5 Å². The molecule has 8 nitrogen and oxygen atoms in total. The van der Waals surface area contributed by atoms with Gasteiger partial charge >= 0.3 is 5.97 Å². The fourth-order valence-electron chi connectivity index (χ4n) is 5.01. The van der Waals surface area contributed by atoms with Crippen LogP contribution in [0.3, 0.4) is 0 Å². The highest BCUT2D eigenvalue weighted by Gasteiger charge is 2.45. The van der Waals surface area contributed by atoms with E-state index in [0.29, 0.717) is 36.6 Å². The lowest BCUT2D eigenvalue weighted by Gasteiger charge is -2.22. The molecule has 3 atom stereocenters. The average molecular weight is 472 g/mol. The molecule has 0 spiro atoms. The van der Waals surface area contributed by atoms with Gasteiger partial charge in [-0.1, -0.05) is 25.1 Å². The first kappa shape index (κ1) is 22.0. The number of carbonyl (C=O) groups is 1. The highest BCUT2D eigenvalue weighted by Crippen LogP contribution is 2.55. The summed E-state index contributed by atoms with van der Waals surface area (Å²) in [6, 6.07) is 10.0. The minimum Gasteiger partial charge on any atom is -0.492 e. The Morgan fingerprint density at radius 3 is 2.79 bits per heavy atom. The van der Waals surface area contributed by atoms with Crippen molar-refractivity contribution in [3.05, 3.63) is 47.5 Å². The molecule has 0 bridgehead atoms. The first-order valence-electron chi connectivity index (χ1n) is 11.5. The number of hydrogen-bond acceptors (Lipinski definition) is 6. The highest BCUT2D eigenvalue weighted by molar-refractivity contribution is 7.92. The van der Waals surface area contributed by atoms with Gasteiger partial charge in [0.15, 0.2) is 0 Å². The average Bonchev–Trinajstić information content (AvgIpc) is 3.46. The zero-order valence-electron chi connectivity index (χ0n) is 18.6. The van der Waals surface area contributed by atoms with E-state index in [9.17, 15) is 18.3 Å². The molecule has 2 aromatic rings. The third-order valence-electron chi connectivity index (χ3n) is 6.99. The number of likely N-dealkylation sites (tertiary alicyclic amines) is 1. The number of aromatic carboxylic acids is 1. The van der Waals surface area contributed by atoms with Crippen LogP contribution in [0.4, 0.5) is 11.4 Å². The second-order valence-corrected chi connectivity index (χ2v) is 10.8. The lowest BCUT2D eigenvalue weighted by Crippen LogP contribution is -2.23. The Morgan fingerprint density at radius 1 is 1.21 bits per heavy atom. The molecule has 3 N–H and O–H groups in total. The molecule has 0 amide bonds. The van der Waals surface area contributed by atoms with Gasteiger partial charge in [-0.2, -0.15) is 0 Å². The summed E-state index contributed by atoms with van der Waals surface area (Å²) in [5.41, 5.74) is 1.25. The lowest BCUT2D eigenvalue weighted by atomic mass is 10.0. The van der Waals surface area contributed by atoms with Crippen LogP contribution in [0.1, 0.15) is 41.6 Å². The molecule has 1 aliphatic carbocycles. The number of carboxylic acid groups (broad SMARTS) is 1. The van der Waals surface area contributed by atoms with Crippen LogP contribution < -0.4 is 14.8 Å². The van der Waals surface area contributed by atoms with Crippen molar-refractivity contribution in [2.45, 2.75) is 30.6 Å². The summed E-state index contributed by atoms with van der Waals surface area (Å²) >= 11 is 0. The molecule has 0 aromatic heterocycles. The van der Waals surface area contributed by atoms with E-state index in [-0.39, 0.29) is 21.9 Å². The molecule has 176 valence electrons. The topological polar surface area (TPSA) is 108 Å². The summed E-state index contributed by atoms with van der Waals surface area (Å²) in [7, 11) is -4.03. The van der Waals surface area contributed by atoms with Gasteiger partial charge in [0, 0.05) is 19.0 Å². The van der Waals surface area contributed by atoms with E-state index in [2.05, 4.69) is 21.9 Å². The first-order chi connectivity index (χ1) is 15.9. The molecular weight excluding hydrogens is 442 g/mol. The SMILES string of the molecule is CCN1CC[C@H](CNc2ccccc2S(=O)(=O)Nc2ccc3c(c2C(=O)O)OC[C@@H]2C[C@H]32)C1. The van der Waals surface area contributed by atoms with Crippen LogP contribution in [0.5, 0.6) is 5.75 Å². The summed E-state index contributed by atoms with van der Waals surface area (Å²) in [5.74, 6) is 0.272. The van der Waals surface area contributed by atoms with Gasteiger partial charge in [-0.15, -0.1) is 0 Å². The molecule has 33 heavy (non-hydrogen) atoms. The number of nitrogens with zero attached hydrogens (tertiary/aromatic N) is 1. The smallest absolute Gasteiger partial charge is 0.341 e. The quantitative estimate of drug-likeness (QED) is 0.541. The number of benzene rings is 2. The number of para-hydroxylation sites is 1. The van der Waals surface area contributed by atoms with Crippen molar-refractivity contribution >= 4 is 27.4 Å². The fraction of sp³-hybridized carbons (Fsp3) is 0.458. The van der Waals surface area contributed by atoms with E-state index in [1.54, 1.807) is 24.3 Å². The van der Waals surface area contributed by atoms with Crippen molar-refractivity contribution < 1.29 is 23.1 Å². The summed E-state index contributed by atoms with van der Waals surface area (Å²) in [4.78, 5) is 14.5. The molecule has 1 saturated heterocycles. The van der Waals surface area contributed by atoms with Gasteiger partial charge in [0.05, 0.1) is 18.0 Å². The molecule has 0 radical (unpaired) electrons. The summed E-state index contributed by atoms with van der Waals surface area (Å²) in [6.07, 6.45) is 2.06. The molecule has 2 aliphatic heterocycles. The predicted molar refractivity (Wildman–Crippen MR) is 126 cm³/mol. The van der Waals surface area contributed by atoms with E-state index < -0.39 is 16.0 Å². The molecule has 2 fully saturated rings. The van der Waals surface area contributed by atoms with Crippen LogP contribution in [0.15, 0.2) is 41.3 Å². The molecule has 5 rings (SSSR count). The molecule has 1 saturated carbocycles. The second kappa shape index (κ2) is 8.53. The number of ether oxygens (including phenoxy) is 1. The van der Waals surface area contributed by atoms with Crippen molar-refractivity contribution in [3.8, 4) is 5.75 Å². The van der Waals surface area contributed by atoms with E-state index >= 15 is 0 Å². The zero-order valence-corrected chi connectivity index (χ0v) is 19.4. The van der Waals surface area contributed by atoms with E-state index in [0.717, 1.165) is 38.0 Å². The van der Waals surface area contributed by atoms with Crippen molar-refractivity contribution in [1.29, 1.82) is 0 Å². The Kier molecular flexibility index (Phi) is 5.70. The number of nitrogens with one attached hydrogen (secondary N) is 2. The van der Waals surface area contributed by atoms with Gasteiger partial charge in [-0.3, -0.25) is 4.72 Å². The predicted octanol–water partition coefficient (Wildman–Crippen LogP) is 3.44. The van der Waals surface area contributed by atoms with Crippen molar-refractivity contribution in [2.75, 3.05) is 42.8 Å². The standard InChI is InChI=1S/C24H29N3O5S/c1-2-27-10-9-15(13-27)12-25-19-5-3-4-6-21(19)33(30,31)26-20-8-7-17-18-11-16(18)14-32-23(17)22(20)24(28)29/h3-8,15-16,18,25-26H,2,9-14H2,1H3,(H,28,29)/t15-,16+,18+/m1/s1. The van der Waals surface area contributed by atoms with Crippen LogP contribution in [0.25, 0.3) is 0 Å². The minimum atomic E-state index is -4.03. The number of fused-ring (bicyclic) bond motifs is 3. The Balaban J connectivity index is 1.40. The van der Waals surface area contributed by atoms with E-state index in [4.69, 9.17) is 4.74 Å². The number of sulfonamides is 1. The second-order valence-electron chi connectivity index (χ2n) is 9.16. The summed E-state index contributed by atoms with van der Waals surface area (Å²) < 4.78 is 34.9.